The van der Waals surface area contributed by atoms with Crippen molar-refractivity contribution < 1.29 is 14.3 Å². The van der Waals surface area contributed by atoms with Crippen LogP contribution < -0.4 is 15.0 Å². The van der Waals surface area contributed by atoms with E-state index in [2.05, 4.69) is 19.9 Å². The van der Waals surface area contributed by atoms with Crippen LogP contribution >= 0.6 is 0 Å². The van der Waals surface area contributed by atoms with Crippen molar-refractivity contribution in [2.24, 2.45) is 0 Å². The first-order valence-corrected chi connectivity index (χ1v) is 6.44. The summed E-state index contributed by atoms with van der Waals surface area (Å²) in [5.74, 6) is 0.0787. The van der Waals surface area contributed by atoms with Gasteiger partial charge in [-0.25, -0.2) is 9.78 Å². The number of rotatable bonds is 1. The third-order valence-corrected chi connectivity index (χ3v) is 3.67. The number of nitrogens with zero attached hydrogens (tertiary/aromatic N) is 2. The number of fused-ring (bicyclic) bond motifs is 3. The van der Waals surface area contributed by atoms with Crippen LogP contribution in [0, 0.1) is 0 Å². The van der Waals surface area contributed by atoms with Crippen LogP contribution in [-0.4, -0.2) is 49.8 Å². The summed E-state index contributed by atoms with van der Waals surface area (Å²) in [6.45, 7) is 4.80. The molecule has 2 atom stereocenters. The fourth-order valence-electron chi connectivity index (χ4n) is 2.66. The number of esters is 1. The molecule has 0 bridgehead atoms. The minimum absolute atomic E-state index is 0.0423. The zero-order valence-corrected chi connectivity index (χ0v) is 11.0. The molecule has 1 aromatic heterocycles. The molecule has 3 rings (SSSR count). The maximum absolute atomic E-state index is 11.5. The highest BCUT2D eigenvalue weighted by Crippen LogP contribution is 2.35. The number of carbonyl (C=O) groups excluding carboxylic acids is 1. The fraction of sp³-hybridized carbons (Fsp3) is 0.538. The molecule has 0 aromatic carbocycles. The first kappa shape index (κ1) is 12.2. The van der Waals surface area contributed by atoms with Gasteiger partial charge in [-0.15, -0.1) is 0 Å². The van der Waals surface area contributed by atoms with E-state index >= 15 is 0 Å². The van der Waals surface area contributed by atoms with Crippen molar-refractivity contribution >= 4 is 11.7 Å². The van der Waals surface area contributed by atoms with Crippen LogP contribution in [0.5, 0.6) is 5.88 Å². The molecule has 1 saturated heterocycles. The van der Waals surface area contributed by atoms with Gasteiger partial charge in [0.1, 0.15) is 11.8 Å². The van der Waals surface area contributed by atoms with Crippen molar-refractivity contribution in [1.29, 1.82) is 0 Å². The maximum Gasteiger partial charge on any atom is 0.356 e. The fourth-order valence-corrected chi connectivity index (χ4v) is 2.66. The Balaban J connectivity index is 1.97. The lowest BCUT2D eigenvalue weighted by molar-refractivity contribution is 0.0591. The van der Waals surface area contributed by atoms with Crippen molar-refractivity contribution in [3.63, 3.8) is 0 Å². The third kappa shape index (κ3) is 2.02. The average Bonchev–Trinajstić information content (AvgIpc) is 2.46. The highest BCUT2D eigenvalue weighted by molar-refractivity contribution is 5.88. The monoisotopic (exact) mass is 263 g/mol. The largest absolute Gasteiger partial charge is 0.471 e. The molecule has 1 aromatic rings. The lowest BCUT2D eigenvalue weighted by atomic mass is 10.1. The lowest BCUT2D eigenvalue weighted by Crippen LogP contribution is -2.59. The summed E-state index contributed by atoms with van der Waals surface area (Å²) < 4.78 is 10.5. The second-order valence-electron chi connectivity index (χ2n) is 4.80. The Morgan fingerprint density at radius 2 is 2.42 bits per heavy atom. The van der Waals surface area contributed by atoms with E-state index in [1.54, 1.807) is 6.07 Å². The quantitative estimate of drug-likeness (QED) is 0.741. The summed E-state index contributed by atoms with van der Waals surface area (Å²) in [6.07, 6.45) is 0.0423. The van der Waals surface area contributed by atoms with Gasteiger partial charge in [0.2, 0.25) is 5.88 Å². The van der Waals surface area contributed by atoms with Crippen LogP contribution in [0.15, 0.2) is 12.1 Å². The Bertz CT molecular complexity index is 506. The van der Waals surface area contributed by atoms with Gasteiger partial charge in [0.15, 0.2) is 5.69 Å². The predicted molar refractivity (Wildman–Crippen MR) is 69.7 cm³/mol. The summed E-state index contributed by atoms with van der Waals surface area (Å²) in [7, 11) is 1.35. The third-order valence-electron chi connectivity index (χ3n) is 3.67. The van der Waals surface area contributed by atoms with Gasteiger partial charge in [0.05, 0.1) is 13.2 Å². The van der Waals surface area contributed by atoms with Crippen LogP contribution in [0.2, 0.25) is 0 Å². The van der Waals surface area contributed by atoms with E-state index in [0.717, 1.165) is 25.3 Å². The number of carbonyl (C=O) groups is 1. The molecule has 19 heavy (non-hydrogen) atoms. The van der Waals surface area contributed by atoms with E-state index in [9.17, 15) is 4.79 Å². The minimum atomic E-state index is -0.443. The van der Waals surface area contributed by atoms with Crippen molar-refractivity contribution in [3.05, 3.63) is 17.8 Å². The Kier molecular flexibility index (Phi) is 3.02. The number of piperazine rings is 1. The number of anilines is 1. The number of hydrogen-bond donors (Lipinski definition) is 1. The molecule has 1 unspecified atom stereocenters. The van der Waals surface area contributed by atoms with E-state index in [-0.39, 0.29) is 11.8 Å². The summed E-state index contributed by atoms with van der Waals surface area (Å²) in [4.78, 5) is 18.1. The van der Waals surface area contributed by atoms with E-state index < -0.39 is 5.97 Å². The molecule has 0 amide bonds. The average molecular weight is 263 g/mol. The van der Waals surface area contributed by atoms with Crippen LogP contribution in [-0.2, 0) is 4.74 Å². The van der Waals surface area contributed by atoms with Crippen molar-refractivity contribution in [3.8, 4) is 5.88 Å². The lowest BCUT2D eigenvalue weighted by Gasteiger charge is -2.44. The van der Waals surface area contributed by atoms with E-state index in [0.29, 0.717) is 11.9 Å². The Labute approximate surface area is 111 Å². The first-order valence-electron chi connectivity index (χ1n) is 6.44. The van der Waals surface area contributed by atoms with Gasteiger partial charge in [0.25, 0.3) is 0 Å². The minimum Gasteiger partial charge on any atom is -0.471 e. The van der Waals surface area contributed by atoms with Crippen LogP contribution in [0.4, 0.5) is 5.69 Å². The molecule has 6 nitrogen and oxygen atoms in total. The topological polar surface area (TPSA) is 63.7 Å². The summed E-state index contributed by atoms with van der Waals surface area (Å²) in [5, 5.41) is 3.37. The van der Waals surface area contributed by atoms with Gasteiger partial charge in [-0.1, -0.05) is 0 Å². The molecule has 0 aliphatic carbocycles. The Morgan fingerprint density at radius 3 is 3.21 bits per heavy atom. The summed E-state index contributed by atoms with van der Waals surface area (Å²) >= 11 is 0. The molecule has 102 valence electrons. The molecule has 1 N–H and O–H groups in total. The Morgan fingerprint density at radius 1 is 1.58 bits per heavy atom. The van der Waals surface area contributed by atoms with Crippen LogP contribution in [0.3, 0.4) is 0 Å². The zero-order chi connectivity index (χ0) is 13.4. The molecule has 2 aliphatic heterocycles. The van der Waals surface area contributed by atoms with Gasteiger partial charge in [0, 0.05) is 19.6 Å². The maximum atomic E-state index is 11.5. The van der Waals surface area contributed by atoms with E-state index in [1.165, 1.54) is 7.11 Å². The van der Waals surface area contributed by atoms with Gasteiger partial charge in [-0.3, -0.25) is 0 Å². The second-order valence-corrected chi connectivity index (χ2v) is 4.80. The number of methoxy groups -OCH3 is 1. The van der Waals surface area contributed by atoms with Gasteiger partial charge < -0.3 is 19.7 Å². The first-order chi connectivity index (χ1) is 9.20. The highest BCUT2D eigenvalue weighted by atomic mass is 16.5. The van der Waals surface area contributed by atoms with E-state index in [4.69, 9.17) is 4.74 Å². The molecule has 3 heterocycles. The van der Waals surface area contributed by atoms with E-state index in [1.807, 2.05) is 13.0 Å². The molecule has 0 radical (unpaired) electrons. The predicted octanol–water partition coefficient (Wildman–Crippen LogP) is 0.427. The SMILES string of the molecule is COC(=O)c1ccc2c(n1)OC(C)[C@H]1CNCCN21. The number of aromatic nitrogens is 1. The molecule has 0 spiro atoms. The number of ether oxygens (including phenoxy) is 2. The number of pyridine rings is 1. The van der Waals surface area contributed by atoms with Crippen molar-refractivity contribution in [2.45, 2.75) is 19.1 Å². The normalized spacial score (nSPS) is 25.1. The molecular formula is C13H17N3O3. The highest BCUT2D eigenvalue weighted by Gasteiger charge is 2.36. The van der Waals surface area contributed by atoms with Crippen molar-refractivity contribution in [2.75, 3.05) is 31.6 Å². The number of hydrogen-bond acceptors (Lipinski definition) is 6. The van der Waals surface area contributed by atoms with Gasteiger partial charge >= 0.3 is 5.97 Å². The zero-order valence-electron chi connectivity index (χ0n) is 11.0. The summed E-state index contributed by atoms with van der Waals surface area (Å²) in [5.41, 5.74) is 1.24. The molecule has 6 heteroatoms. The molecule has 0 saturated carbocycles. The number of nitrogens with one attached hydrogen (secondary N) is 1. The summed E-state index contributed by atoms with van der Waals surface area (Å²) in [6, 6.07) is 3.88. The van der Waals surface area contributed by atoms with Crippen molar-refractivity contribution in [1.82, 2.24) is 10.3 Å². The standard InChI is InChI=1S/C13H17N3O3/c1-8-11-7-14-5-6-16(11)10-4-3-9(13(17)18-2)15-12(10)19-8/h3-4,8,11,14H,5-7H2,1-2H3/t8?,11-/m1/s1. The van der Waals surface area contributed by atoms with Crippen LogP contribution in [0.1, 0.15) is 17.4 Å². The van der Waals surface area contributed by atoms with Crippen LogP contribution in [0.25, 0.3) is 0 Å². The molecular weight excluding hydrogens is 246 g/mol. The molecule has 1 fully saturated rings. The second kappa shape index (κ2) is 4.70. The Hall–Kier alpha value is -1.82. The smallest absolute Gasteiger partial charge is 0.356 e. The van der Waals surface area contributed by atoms with Gasteiger partial charge in [-0.2, -0.15) is 0 Å². The molecule has 2 aliphatic rings. The van der Waals surface area contributed by atoms with Gasteiger partial charge in [-0.05, 0) is 19.1 Å².